The number of fused-ring (bicyclic) bond motifs is 2. The first-order chi connectivity index (χ1) is 12.9. The SMILES string of the molecule is CC(C)CN1C(=O)c2ccc(C(=O)Nc3ccc4cn[nH]c4c3)cc2C1=O. The van der Waals surface area contributed by atoms with Crippen molar-refractivity contribution in [3.05, 3.63) is 59.3 Å². The van der Waals surface area contributed by atoms with Gasteiger partial charge in [0, 0.05) is 23.2 Å². The van der Waals surface area contributed by atoms with Crippen molar-refractivity contribution in [2.24, 2.45) is 5.92 Å². The molecular weight excluding hydrogens is 344 g/mol. The molecule has 0 aliphatic carbocycles. The number of nitrogens with zero attached hydrogens (tertiary/aromatic N) is 2. The van der Waals surface area contributed by atoms with Gasteiger partial charge in [0.15, 0.2) is 0 Å². The molecule has 0 radical (unpaired) electrons. The highest BCUT2D eigenvalue weighted by Crippen LogP contribution is 2.25. The molecule has 2 N–H and O–H groups in total. The van der Waals surface area contributed by atoms with Crippen LogP contribution in [0.15, 0.2) is 42.6 Å². The van der Waals surface area contributed by atoms with Crippen molar-refractivity contribution in [1.82, 2.24) is 15.1 Å². The van der Waals surface area contributed by atoms with Crippen LogP contribution in [0.4, 0.5) is 5.69 Å². The Hall–Kier alpha value is -3.48. The van der Waals surface area contributed by atoms with Crippen LogP contribution in [0, 0.1) is 5.92 Å². The quantitative estimate of drug-likeness (QED) is 0.697. The second kappa shape index (κ2) is 6.35. The maximum atomic E-state index is 12.6. The van der Waals surface area contributed by atoms with E-state index in [9.17, 15) is 14.4 Å². The number of anilines is 1. The number of amides is 3. The topological polar surface area (TPSA) is 95.2 Å². The van der Waals surface area contributed by atoms with Gasteiger partial charge in [0.25, 0.3) is 17.7 Å². The van der Waals surface area contributed by atoms with Gasteiger partial charge < -0.3 is 5.32 Å². The minimum atomic E-state index is -0.350. The Morgan fingerprint density at radius 1 is 1.11 bits per heavy atom. The number of imide groups is 1. The van der Waals surface area contributed by atoms with Crippen LogP contribution in [0.3, 0.4) is 0 Å². The number of hydrogen-bond acceptors (Lipinski definition) is 4. The number of rotatable bonds is 4. The van der Waals surface area contributed by atoms with Gasteiger partial charge in [-0.3, -0.25) is 24.4 Å². The van der Waals surface area contributed by atoms with Crippen LogP contribution < -0.4 is 5.32 Å². The van der Waals surface area contributed by atoms with Crippen molar-refractivity contribution < 1.29 is 14.4 Å². The molecule has 27 heavy (non-hydrogen) atoms. The van der Waals surface area contributed by atoms with E-state index in [1.165, 1.54) is 11.0 Å². The van der Waals surface area contributed by atoms with E-state index in [1.807, 2.05) is 19.9 Å². The number of carbonyl (C=O) groups excluding carboxylic acids is 3. The molecule has 0 spiro atoms. The molecule has 136 valence electrons. The summed E-state index contributed by atoms with van der Waals surface area (Å²) < 4.78 is 0. The molecule has 4 rings (SSSR count). The summed E-state index contributed by atoms with van der Waals surface area (Å²) in [5.41, 5.74) is 2.37. The first-order valence-electron chi connectivity index (χ1n) is 8.69. The highest BCUT2D eigenvalue weighted by molar-refractivity contribution is 6.22. The Kier molecular flexibility index (Phi) is 3.99. The maximum absolute atomic E-state index is 12.6. The number of H-pyrrole nitrogens is 1. The van der Waals surface area contributed by atoms with Gasteiger partial charge in [0.05, 0.1) is 22.8 Å². The lowest BCUT2D eigenvalue weighted by atomic mass is 10.1. The molecule has 0 saturated heterocycles. The fourth-order valence-electron chi connectivity index (χ4n) is 3.18. The highest BCUT2D eigenvalue weighted by Gasteiger charge is 2.36. The third-order valence-electron chi connectivity index (χ3n) is 4.48. The molecule has 1 aromatic heterocycles. The first kappa shape index (κ1) is 17.0. The Morgan fingerprint density at radius 2 is 1.89 bits per heavy atom. The third kappa shape index (κ3) is 2.97. The molecule has 3 aromatic rings. The zero-order chi connectivity index (χ0) is 19.1. The number of carbonyl (C=O) groups is 3. The van der Waals surface area contributed by atoms with E-state index >= 15 is 0 Å². The number of aromatic nitrogens is 2. The van der Waals surface area contributed by atoms with Crippen LogP contribution in [-0.2, 0) is 0 Å². The van der Waals surface area contributed by atoms with Crippen molar-refractivity contribution in [2.75, 3.05) is 11.9 Å². The van der Waals surface area contributed by atoms with Crippen molar-refractivity contribution >= 4 is 34.3 Å². The van der Waals surface area contributed by atoms with Crippen LogP contribution in [0.5, 0.6) is 0 Å². The van der Waals surface area contributed by atoms with E-state index in [0.29, 0.717) is 23.4 Å². The van der Waals surface area contributed by atoms with Gasteiger partial charge >= 0.3 is 0 Å². The molecule has 0 bridgehead atoms. The summed E-state index contributed by atoms with van der Waals surface area (Å²) in [6.45, 7) is 4.25. The molecule has 7 nitrogen and oxygen atoms in total. The summed E-state index contributed by atoms with van der Waals surface area (Å²) in [7, 11) is 0. The van der Waals surface area contributed by atoms with Crippen molar-refractivity contribution in [1.29, 1.82) is 0 Å². The second-order valence-electron chi connectivity index (χ2n) is 7.00. The molecule has 2 heterocycles. The molecule has 0 atom stereocenters. The summed E-state index contributed by atoms with van der Waals surface area (Å²) >= 11 is 0. The van der Waals surface area contributed by atoms with Crippen LogP contribution in [0.2, 0.25) is 0 Å². The van der Waals surface area contributed by atoms with Crippen molar-refractivity contribution in [3.8, 4) is 0 Å². The molecule has 3 amide bonds. The third-order valence-corrected chi connectivity index (χ3v) is 4.48. The molecule has 7 heteroatoms. The Labute approximate surface area is 155 Å². The second-order valence-corrected chi connectivity index (χ2v) is 7.00. The van der Waals surface area contributed by atoms with Crippen molar-refractivity contribution in [3.63, 3.8) is 0 Å². The summed E-state index contributed by atoms with van der Waals surface area (Å²) in [6, 6.07) is 10.0. The van der Waals surface area contributed by atoms with Gasteiger partial charge in [-0.15, -0.1) is 0 Å². The van der Waals surface area contributed by atoms with E-state index in [2.05, 4.69) is 15.5 Å². The first-order valence-corrected chi connectivity index (χ1v) is 8.69. The minimum absolute atomic E-state index is 0.173. The van der Waals surface area contributed by atoms with Gasteiger partial charge in [0.1, 0.15) is 0 Å². The normalized spacial score (nSPS) is 13.5. The van der Waals surface area contributed by atoms with Gasteiger partial charge in [-0.2, -0.15) is 5.10 Å². The Balaban J connectivity index is 1.59. The molecule has 0 fully saturated rings. The van der Waals surface area contributed by atoms with E-state index < -0.39 is 0 Å². The molecule has 0 saturated carbocycles. The predicted octanol–water partition coefficient (Wildman–Crippen LogP) is 3.07. The van der Waals surface area contributed by atoms with Gasteiger partial charge in [-0.25, -0.2) is 0 Å². The van der Waals surface area contributed by atoms with E-state index in [0.717, 1.165) is 10.9 Å². The lowest BCUT2D eigenvalue weighted by Gasteiger charge is -2.15. The standard InChI is InChI=1S/C20H18N4O3/c1-11(2)10-24-19(26)15-6-4-12(7-16(15)20(24)27)18(25)22-14-5-3-13-9-21-23-17(13)8-14/h3-9,11H,10H2,1-2H3,(H,21,23)(H,22,25). The minimum Gasteiger partial charge on any atom is -0.322 e. The summed E-state index contributed by atoms with van der Waals surface area (Å²) in [5.74, 6) is -0.829. The number of hydrogen-bond donors (Lipinski definition) is 2. The largest absolute Gasteiger partial charge is 0.322 e. The summed E-state index contributed by atoms with van der Waals surface area (Å²) in [6.07, 6.45) is 1.70. The fourth-order valence-corrected chi connectivity index (χ4v) is 3.18. The summed E-state index contributed by atoms with van der Waals surface area (Å²) in [5, 5.41) is 10.5. The van der Waals surface area contributed by atoms with Crippen LogP contribution in [-0.4, -0.2) is 39.4 Å². The molecule has 2 aromatic carbocycles. The van der Waals surface area contributed by atoms with E-state index in [1.54, 1.807) is 30.5 Å². The average Bonchev–Trinajstić information content (AvgIpc) is 3.19. The van der Waals surface area contributed by atoms with Gasteiger partial charge in [-0.1, -0.05) is 13.8 Å². The fraction of sp³-hybridized carbons (Fsp3) is 0.200. The van der Waals surface area contributed by atoms with E-state index in [4.69, 9.17) is 0 Å². The zero-order valence-electron chi connectivity index (χ0n) is 14.9. The lowest BCUT2D eigenvalue weighted by molar-refractivity contribution is 0.0636. The Morgan fingerprint density at radius 3 is 2.67 bits per heavy atom. The zero-order valence-corrected chi connectivity index (χ0v) is 14.9. The molecule has 1 aliphatic rings. The average molecular weight is 362 g/mol. The van der Waals surface area contributed by atoms with Crippen LogP contribution in [0.1, 0.15) is 44.9 Å². The van der Waals surface area contributed by atoms with E-state index in [-0.39, 0.29) is 29.2 Å². The van der Waals surface area contributed by atoms with Crippen molar-refractivity contribution in [2.45, 2.75) is 13.8 Å². The smallest absolute Gasteiger partial charge is 0.261 e. The number of aromatic amines is 1. The number of nitrogens with one attached hydrogen (secondary N) is 2. The predicted molar refractivity (Wildman–Crippen MR) is 101 cm³/mol. The van der Waals surface area contributed by atoms with Gasteiger partial charge in [-0.05, 0) is 42.3 Å². The van der Waals surface area contributed by atoms with Crippen LogP contribution >= 0.6 is 0 Å². The van der Waals surface area contributed by atoms with Crippen LogP contribution in [0.25, 0.3) is 10.9 Å². The lowest BCUT2D eigenvalue weighted by Crippen LogP contribution is -2.33. The molecule has 1 aliphatic heterocycles. The molecular formula is C20H18N4O3. The van der Waals surface area contributed by atoms with Gasteiger partial charge in [0.2, 0.25) is 0 Å². The highest BCUT2D eigenvalue weighted by atomic mass is 16.2. The monoisotopic (exact) mass is 362 g/mol. The summed E-state index contributed by atoms with van der Waals surface area (Å²) in [4.78, 5) is 38.8. The Bertz CT molecular complexity index is 1080. The molecule has 0 unspecified atom stereocenters. The number of benzene rings is 2. The maximum Gasteiger partial charge on any atom is 0.261 e.